The van der Waals surface area contributed by atoms with E-state index in [1.165, 1.54) is 34.3 Å². The molecule has 1 saturated heterocycles. The number of oxazole rings is 1. The van der Waals surface area contributed by atoms with Crippen molar-refractivity contribution in [1.82, 2.24) is 29.5 Å². The van der Waals surface area contributed by atoms with Crippen LogP contribution in [-0.4, -0.2) is 61.6 Å². The highest BCUT2D eigenvalue weighted by Crippen LogP contribution is 2.34. The summed E-state index contributed by atoms with van der Waals surface area (Å²) in [5, 5.41) is 8.71. The average molecular weight is 671 g/mol. The summed E-state index contributed by atoms with van der Waals surface area (Å²) in [5.74, 6) is 0.790. The van der Waals surface area contributed by atoms with E-state index in [4.69, 9.17) is 8.83 Å². The number of thioether (sulfide) groups is 1. The van der Waals surface area contributed by atoms with Crippen molar-refractivity contribution in [3.8, 4) is 17.3 Å². The van der Waals surface area contributed by atoms with Crippen LogP contribution in [0, 0.1) is 0 Å². The van der Waals surface area contributed by atoms with Gasteiger partial charge in [-0.05, 0) is 41.5 Å². The van der Waals surface area contributed by atoms with Crippen molar-refractivity contribution in [2.45, 2.75) is 23.1 Å². The van der Waals surface area contributed by atoms with E-state index in [-0.39, 0.29) is 40.8 Å². The van der Waals surface area contributed by atoms with E-state index in [2.05, 4.69) is 44.3 Å². The summed E-state index contributed by atoms with van der Waals surface area (Å²) in [7, 11) is 0. The van der Waals surface area contributed by atoms with Crippen molar-refractivity contribution in [2.75, 3.05) is 26.2 Å². The van der Waals surface area contributed by atoms with Crippen LogP contribution in [-0.2, 0) is 11.9 Å². The Hall–Kier alpha value is -5.14. The molecule has 1 amide bonds. The molecule has 0 spiro atoms. The molecule has 0 aliphatic carbocycles. The van der Waals surface area contributed by atoms with Crippen molar-refractivity contribution >= 4 is 17.7 Å². The molecule has 9 nitrogen and oxygen atoms in total. The molecule has 1 fully saturated rings. The van der Waals surface area contributed by atoms with Gasteiger partial charge in [0.15, 0.2) is 16.6 Å². The SMILES string of the molecule is O=C(c1coc(CSc2nnc(-c3ccco3)n2-c2cccc(C(F)(F)F)c2)n1)N1CCN(C(c2ccccc2)c2ccccc2)CC1. The molecule has 3 aromatic heterocycles. The topological polar surface area (TPSA) is 93.4 Å². The largest absolute Gasteiger partial charge is 0.461 e. The summed E-state index contributed by atoms with van der Waals surface area (Å²) >= 11 is 1.16. The first kappa shape index (κ1) is 31.5. The number of carbonyl (C=O) groups is 1. The van der Waals surface area contributed by atoms with Gasteiger partial charge >= 0.3 is 6.18 Å². The number of benzene rings is 3. The summed E-state index contributed by atoms with van der Waals surface area (Å²) in [6.45, 7) is 2.43. The highest BCUT2D eigenvalue weighted by Gasteiger charge is 2.32. The van der Waals surface area contributed by atoms with Gasteiger partial charge in [0, 0.05) is 26.2 Å². The first-order valence-corrected chi connectivity index (χ1v) is 16.2. The van der Waals surface area contributed by atoms with E-state index in [9.17, 15) is 18.0 Å². The van der Waals surface area contributed by atoms with Gasteiger partial charge in [-0.25, -0.2) is 4.98 Å². The molecule has 48 heavy (non-hydrogen) atoms. The molecule has 0 saturated carbocycles. The number of hydrogen-bond acceptors (Lipinski definition) is 8. The smallest absolute Gasteiger partial charge is 0.416 e. The number of furan rings is 1. The summed E-state index contributed by atoms with van der Waals surface area (Å²) < 4.78 is 53.2. The van der Waals surface area contributed by atoms with E-state index in [0.29, 0.717) is 37.1 Å². The van der Waals surface area contributed by atoms with E-state index in [0.717, 1.165) is 23.9 Å². The maximum atomic E-state index is 13.5. The number of piperazine rings is 1. The van der Waals surface area contributed by atoms with E-state index in [1.54, 1.807) is 23.1 Å². The highest BCUT2D eigenvalue weighted by atomic mass is 32.2. The number of halogens is 3. The second-order valence-electron chi connectivity index (χ2n) is 11.1. The molecular formula is C35H29F3N6O3S. The molecule has 244 valence electrons. The standard InChI is InChI=1S/C35H29F3N6O3S/c36-35(37,38)26-13-7-14-27(21-26)44-32(29-15-8-20-46-29)40-41-34(44)48-23-30-39-28(22-47-30)33(45)43-18-16-42(17-19-43)31(24-9-3-1-4-10-24)25-11-5-2-6-12-25/h1-15,20-22,31H,16-19,23H2. The Kier molecular flexibility index (Phi) is 8.87. The Morgan fingerprint density at radius 2 is 1.54 bits per heavy atom. The van der Waals surface area contributed by atoms with Crippen LogP contribution in [0.25, 0.3) is 17.3 Å². The molecular weight excluding hydrogens is 641 g/mol. The van der Waals surface area contributed by atoms with Crippen LogP contribution in [0.1, 0.15) is 39.1 Å². The molecule has 0 N–H and O–H groups in total. The van der Waals surface area contributed by atoms with Gasteiger partial charge in [0.05, 0.1) is 29.3 Å². The van der Waals surface area contributed by atoms with Gasteiger partial charge in [0.2, 0.25) is 11.7 Å². The zero-order chi connectivity index (χ0) is 33.1. The molecule has 13 heteroatoms. The third-order valence-corrected chi connectivity index (χ3v) is 9.01. The predicted octanol–water partition coefficient (Wildman–Crippen LogP) is 7.37. The maximum Gasteiger partial charge on any atom is 0.416 e. The Balaban J connectivity index is 1.04. The Morgan fingerprint density at radius 3 is 2.19 bits per heavy atom. The monoisotopic (exact) mass is 670 g/mol. The summed E-state index contributed by atoms with van der Waals surface area (Å²) in [4.78, 5) is 22.0. The quantitative estimate of drug-likeness (QED) is 0.147. The van der Waals surface area contributed by atoms with Crippen LogP contribution in [0.4, 0.5) is 13.2 Å². The number of amides is 1. The van der Waals surface area contributed by atoms with Crippen molar-refractivity contribution < 1.29 is 26.8 Å². The maximum absolute atomic E-state index is 13.5. The van der Waals surface area contributed by atoms with Crippen LogP contribution >= 0.6 is 11.8 Å². The van der Waals surface area contributed by atoms with Crippen molar-refractivity contribution in [3.05, 3.63) is 138 Å². The van der Waals surface area contributed by atoms with Crippen LogP contribution in [0.15, 0.2) is 124 Å². The Labute approximate surface area is 278 Å². The first-order valence-electron chi connectivity index (χ1n) is 15.2. The third kappa shape index (κ3) is 6.64. The Bertz CT molecular complexity index is 1930. The number of nitrogens with zero attached hydrogens (tertiary/aromatic N) is 6. The fourth-order valence-corrected chi connectivity index (χ4v) is 6.62. The normalized spacial score (nSPS) is 14.1. The molecule has 0 unspecified atom stereocenters. The van der Waals surface area contributed by atoms with Crippen LogP contribution in [0.2, 0.25) is 0 Å². The van der Waals surface area contributed by atoms with Gasteiger partial charge in [-0.1, -0.05) is 78.5 Å². The Morgan fingerprint density at radius 1 is 0.833 bits per heavy atom. The molecule has 4 heterocycles. The minimum Gasteiger partial charge on any atom is -0.461 e. The summed E-state index contributed by atoms with van der Waals surface area (Å²) in [5.41, 5.74) is 2.00. The van der Waals surface area contributed by atoms with Gasteiger partial charge in [-0.2, -0.15) is 13.2 Å². The van der Waals surface area contributed by atoms with Gasteiger partial charge in [0.25, 0.3) is 5.91 Å². The summed E-state index contributed by atoms with van der Waals surface area (Å²) in [6, 6.07) is 29.0. The molecule has 0 radical (unpaired) electrons. The second kappa shape index (κ2) is 13.5. The number of aromatic nitrogens is 4. The van der Waals surface area contributed by atoms with Gasteiger partial charge < -0.3 is 13.7 Å². The first-order chi connectivity index (χ1) is 23.3. The number of rotatable bonds is 9. The molecule has 3 aromatic carbocycles. The summed E-state index contributed by atoms with van der Waals surface area (Å²) in [6.07, 6.45) is -1.74. The van der Waals surface area contributed by atoms with Crippen LogP contribution < -0.4 is 0 Å². The lowest BCUT2D eigenvalue weighted by Gasteiger charge is -2.39. The van der Waals surface area contributed by atoms with Crippen LogP contribution in [0.5, 0.6) is 0 Å². The molecule has 1 aliphatic rings. The highest BCUT2D eigenvalue weighted by molar-refractivity contribution is 7.98. The number of alkyl halides is 3. The van der Waals surface area contributed by atoms with Gasteiger partial charge in [-0.15, -0.1) is 10.2 Å². The lowest BCUT2D eigenvalue weighted by Crippen LogP contribution is -2.50. The van der Waals surface area contributed by atoms with Crippen molar-refractivity contribution in [3.63, 3.8) is 0 Å². The lowest BCUT2D eigenvalue weighted by molar-refractivity contribution is -0.137. The molecule has 1 aliphatic heterocycles. The molecule has 0 atom stereocenters. The zero-order valence-electron chi connectivity index (χ0n) is 25.5. The minimum absolute atomic E-state index is 0.0756. The second-order valence-corrected chi connectivity index (χ2v) is 12.1. The molecule has 6 aromatic rings. The molecule has 7 rings (SSSR count). The number of carbonyl (C=O) groups excluding carboxylic acids is 1. The zero-order valence-corrected chi connectivity index (χ0v) is 26.3. The predicted molar refractivity (Wildman–Crippen MR) is 172 cm³/mol. The van der Waals surface area contributed by atoms with E-state index < -0.39 is 11.7 Å². The van der Waals surface area contributed by atoms with Gasteiger partial charge in [-0.3, -0.25) is 14.3 Å². The van der Waals surface area contributed by atoms with Crippen molar-refractivity contribution in [2.24, 2.45) is 0 Å². The molecule has 0 bridgehead atoms. The average Bonchev–Trinajstić information content (AvgIpc) is 3.90. The van der Waals surface area contributed by atoms with E-state index >= 15 is 0 Å². The fourth-order valence-electron chi connectivity index (χ4n) is 5.81. The van der Waals surface area contributed by atoms with Gasteiger partial charge in [0.1, 0.15) is 6.26 Å². The minimum atomic E-state index is -4.53. The lowest BCUT2D eigenvalue weighted by atomic mass is 9.96. The van der Waals surface area contributed by atoms with Crippen LogP contribution in [0.3, 0.4) is 0 Å². The van der Waals surface area contributed by atoms with E-state index in [1.807, 2.05) is 36.4 Å². The number of hydrogen-bond donors (Lipinski definition) is 0. The fraction of sp³-hybridized carbons (Fsp3) is 0.200. The van der Waals surface area contributed by atoms with Crippen molar-refractivity contribution in [1.29, 1.82) is 0 Å². The third-order valence-electron chi connectivity index (χ3n) is 8.10.